The smallest absolute Gasteiger partial charge is 0.282 e. The Bertz CT molecular complexity index is 144. The van der Waals surface area contributed by atoms with Crippen LogP contribution in [0.25, 0.3) is 0 Å². The van der Waals surface area contributed by atoms with Gasteiger partial charge in [0.2, 0.25) is 0 Å². The lowest BCUT2D eigenvalue weighted by Crippen LogP contribution is -2.23. The molecule has 0 aromatic heterocycles. The molecule has 1 aliphatic heterocycles. The maximum absolute atomic E-state index is 10.9. The lowest BCUT2D eigenvalue weighted by Gasteiger charge is -2.12. The highest BCUT2D eigenvalue weighted by atomic mass is 32.2. The molecule has 0 aromatic carbocycles. The summed E-state index contributed by atoms with van der Waals surface area (Å²) in [5.74, 6) is 0. The fourth-order valence-electron chi connectivity index (χ4n) is 0.982. The summed E-state index contributed by atoms with van der Waals surface area (Å²) < 4.78 is 0.131. The summed E-state index contributed by atoms with van der Waals surface area (Å²) in [5, 5.41) is 0.194. The molecular weight excluding hydrogens is 134 g/mol. The summed E-state index contributed by atoms with van der Waals surface area (Å²) in [5.41, 5.74) is 0. The van der Waals surface area contributed by atoms with Crippen LogP contribution >= 0.6 is 11.8 Å². The van der Waals surface area contributed by atoms with E-state index in [1.807, 2.05) is 7.05 Å². The first-order valence-electron chi connectivity index (χ1n) is 2.95. The van der Waals surface area contributed by atoms with Gasteiger partial charge in [-0.1, -0.05) is 11.8 Å². The Hall–Kier alpha value is -0.180. The third-order valence-electron chi connectivity index (χ3n) is 1.29. The first-order valence-corrected chi connectivity index (χ1v) is 3.77. The summed E-state index contributed by atoms with van der Waals surface area (Å²) in [6.45, 7) is 5.04. The van der Waals surface area contributed by atoms with E-state index in [4.69, 9.17) is 0 Å². The van der Waals surface area contributed by atoms with E-state index < -0.39 is 0 Å². The molecule has 3 heteroatoms. The predicted octanol–water partition coefficient (Wildman–Crippen LogP) is 1.56. The standard InChI is InChI=1S/C6H11NOS/c1-6(2)4-7(3)5(8)9-6/h4H2,1-3H3. The topological polar surface area (TPSA) is 20.3 Å². The van der Waals surface area contributed by atoms with E-state index in [1.54, 1.807) is 4.90 Å². The van der Waals surface area contributed by atoms with E-state index >= 15 is 0 Å². The Morgan fingerprint density at radius 3 is 2.33 bits per heavy atom. The van der Waals surface area contributed by atoms with Crippen LogP contribution in [0, 0.1) is 0 Å². The van der Waals surface area contributed by atoms with Crippen molar-refractivity contribution in [3.05, 3.63) is 0 Å². The molecule has 0 radical (unpaired) electrons. The van der Waals surface area contributed by atoms with Crippen LogP contribution in [0.5, 0.6) is 0 Å². The van der Waals surface area contributed by atoms with Crippen molar-refractivity contribution in [3.63, 3.8) is 0 Å². The molecule has 0 spiro atoms. The molecule has 1 heterocycles. The number of thioether (sulfide) groups is 1. The molecule has 9 heavy (non-hydrogen) atoms. The van der Waals surface area contributed by atoms with Crippen molar-refractivity contribution >= 4 is 17.0 Å². The maximum atomic E-state index is 10.9. The molecule has 0 unspecified atom stereocenters. The zero-order chi connectivity index (χ0) is 7.07. The van der Waals surface area contributed by atoms with Crippen molar-refractivity contribution in [2.75, 3.05) is 13.6 Å². The molecule has 1 aliphatic rings. The quantitative estimate of drug-likeness (QED) is 0.515. The molecule has 0 aromatic rings. The lowest BCUT2D eigenvalue weighted by molar-refractivity contribution is 0.236. The second-order valence-corrected chi connectivity index (χ2v) is 4.64. The van der Waals surface area contributed by atoms with Gasteiger partial charge in [-0.3, -0.25) is 4.79 Å². The molecule has 0 aliphatic carbocycles. The molecule has 2 nitrogen and oxygen atoms in total. The van der Waals surface area contributed by atoms with E-state index in [2.05, 4.69) is 13.8 Å². The Balaban J connectivity index is 2.65. The van der Waals surface area contributed by atoms with E-state index in [0.29, 0.717) is 0 Å². The number of amides is 1. The van der Waals surface area contributed by atoms with Gasteiger partial charge in [0.15, 0.2) is 0 Å². The Labute approximate surface area is 59.6 Å². The van der Waals surface area contributed by atoms with Crippen molar-refractivity contribution in [1.82, 2.24) is 4.90 Å². The van der Waals surface area contributed by atoms with E-state index in [1.165, 1.54) is 11.8 Å². The Kier molecular flexibility index (Phi) is 1.47. The maximum Gasteiger partial charge on any atom is 0.282 e. The van der Waals surface area contributed by atoms with Gasteiger partial charge >= 0.3 is 0 Å². The number of carbonyl (C=O) groups excluding carboxylic acids is 1. The van der Waals surface area contributed by atoms with Crippen LogP contribution in [-0.2, 0) is 0 Å². The van der Waals surface area contributed by atoms with Gasteiger partial charge in [-0.25, -0.2) is 0 Å². The first-order chi connectivity index (χ1) is 4.01. The molecule has 0 atom stereocenters. The van der Waals surface area contributed by atoms with Crippen LogP contribution in [0.1, 0.15) is 13.8 Å². The minimum atomic E-state index is 0.131. The highest BCUT2D eigenvalue weighted by Crippen LogP contribution is 2.33. The third kappa shape index (κ3) is 1.39. The van der Waals surface area contributed by atoms with E-state index in [-0.39, 0.29) is 9.99 Å². The average Bonchev–Trinajstić information content (AvgIpc) is 1.79. The summed E-state index contributed by atoms with van der Waals surface area (Å²) in [6.07, 6.45) is 0. The van der Waals surface area contributed by atoms with Crippen molar-refractivity contribution < 1.29 is 4.79 Å². The molecule has 1 fully saturated rings. The molecule has 1 saturated heterocycles. The summed E-state index contributed by atoms with van der Waals surface area (Å²) in [7, 11) is 1.84. The number of nitrogens with zero attached hydrogens (tertiary/aromatic N) is 1. The van der Waals surface area contributed by atoms with Gasteiger partial charge in [0.05, 0.1) is 0 Å². The molecule has 1 rings (SSSR count). The van der Waals surface area contributed by atoms with Crippen molar-refractivity contribution in [1.29, 1.82) is 0 Å². The van der Waals surface area contributed by atoms with Crippen LogP contribution in [0.4, 0.5) is 4.79 Å². The zero-order valence-corrected chi connectivity index (χ0v) is 6.79. The SMILES string of the molecule is CN1CC(C)(C)SC1=O. The Morgan fingerprint density at radius 2 is 2.22 bits per heavy atom. The highest BCUT2D eigenvalue weighted by molar-refractivity contribution is 8.15. The molecule has 1 amide bonds. The van der Waals surface area contributed by atoms with Gasteiger partial charge in [-0.15, -0.1) is 0 Å². The van der Waals surface area contributed by atoms with E-state index in [0.717, 1.165) is 6.54 Å². The van der Waals surface area contributed by atoms with Crippen molar-refractivity contribution in [3.8, 4) is 0 Å². The van der Waals surface area contributed by atoms with Gasteiger partial charge in [0.25, 0.3) is 5.24 Å². The fourth-order valence-corrected chi connectivity index (χ4v) is 1.93. The summed E-state index contributed by atoms with van der Waals surface area (Å²) in [6, 6.07) is 0. The van der Waals surface area contributed by atoms with Gasteiger partial charge in [0.1, 0.15) is 0 Å². The van der Waals surface area contributed by atoms with Crippen LogP contribution < -0.4 is 0 Å². The van der Waals surface area contributed by atoms with Gasteiger partial charge in [0, 0.05) is 18.3 Å². The molecule has 52 valence electrons. The number of rotatable bonds is 0. The molecule has 0 saturated carbocycles. The normalized spacial score (nSPS) is 25.2. The molecular formula is C6H11NOS. The zero-order valence-electron chi connectivity index (χ0n) is 5.97. The molecule has 0 N–H and O–H groups in total. The minimum absolute atomic E-state index is 0.131. The fraction of sp³-hybridized carbons (Fsp3) is 0.833. The first kappa shape index (κ1) is 6.93. The number of carbonyl (C=O) groups is 1. The van der Waals surface area contributed by atoms with Gasteiger partial charge < -0.3 is 4.90 Å². The van der Waals surface area contributed by atoms with Crippen LogP contribution in [0.2, 0.25) is 0 Å². The summed E-state index contributed by atoms with van der Waals surface area (Å²) >= 11 is 1.42. The van der Waals surface area contributed by atoms with Crippen LogP contribution in [0.3, 0.4) is 0 Å². The lowest BCUT2D eigenvalue weighted by atomic mass is 10.2. The van der Waals surface area contributed by atoms with E-state index in [9.17, 15) is 4.79 Å². The number of hydrogen-bond acceptors (Lipinski definition) is 2. The second-order valence-electron chi connectivity index (χ2n) is 2.98. The second kappa shape index (κ2) is 1.90. The average molecular weight is 145 g/mol. The predicted molar refractivity (Wildman–Crippen MR) is 39.7 cm³/mol. The van der Waals surface area contributed by atoms with Gasteiger partial charge in [-0.2, -0.15) is 0 Å². The van der Waals surface area contributed by atoms with Crippen LogP contribution in [-0.4, -0.2) is 28.5 Å². The molecule has 0 bridgehead atoms. The third-order valence-corrected chi connectivity index (χ3v) is 2.46. The number of hydrogen-bond donors (Lipinski definition) is 0. The monoisotopic (exact) mass is 145 g/mol. The van der Waals surface area contributed by atoms with Crippen LogP contribution in [0.15, 0.2) is 0 Å². The van der Waals surface area contributed by atoms with Crippen molar-refractivity contribution in [2.24, 2.45) is 0 Å². The van der Waals surface area contributed by atoms with Crippen molar-refractivity contribution in [2.45, 2.75) is 18.6 Å². The Morgan fingerprint density at radius 1 is 1.67 bits per heavy atom. The summed E-state index contributed by atoms with van der Waals surface area (Å²) in [4.78, 5) is 12.6. The highest BCUT2D eigenvalue weighted by Gasteiger charge is 2.34. The largest absolute Gasteiger partial charge is 0.335 e. The minimum Gasteiger partial charge on any atom is -0.335 e. The van der Waals surface area contributed by atoms with Gasteiger partial charge in [-0.05, 0) is 13.8 Å².